The highest BCUT2D eigenvalue weighted by atomic mass is 35.5. The fourth-order valence-corrected chi connectivity index (χ4v) is 1.43. The molecule has 0 aliphatic rings. The molecule has 1 atom stereocenters. The lowest BCUT2D eigenvalue weighted by Gasteiger charge is -2.21. The Balaban J connectivity index is 2.50. The molecule has 1 amide bonds. The Labute approximate surface area is 112 Å². The van der Waals surface area contributed by atoms with E-state index in [1.807, 2.05) is 6.92 Å². The monoisotopic (exact) mass is 266 g/mol. The summed E-state index contributed by atoms with van der Waals surface area (Å²) in [5.74, 6) is 0.189. The number of rotatable bonds is 5. The van der Waals surface area contributed by atoms with E-state index in [1.54, 1.807) is 31.2 Å². The maximum absolute atomic E-state index is 11.6. The van der Waals surface area contributed by atoms with Gasteiger partial charge in [0.1, 0.15) is 11.3 Å². The first-order valence-corrected chi connectivity index (χ1v) is 5.97. The van der Waals surface area contributed by atoms with Gasteiger partial charge in [-0.2, -0.15) is 5.26 Å². The number of nitriles is 1. The molecule has 0 spiro atoms. The van der Waals surface area contributed by atoms with Crippen LogP contribution in [0.2, 0.25) is 5.02 Å². The van der Waals surface area contributed by atoms with Gasteiger partial charge in [0, 0.05) is 5.02 Å². The summed E-state index contributed by atoms with van der Waals surface area (Å²) in [6.07, 6.45) is 0.534. The van der Waals surface area contributed by atoms with E-state index in [0.717, 1.165) is 0 Å². The summed E-state index contributed by atoms with van der Waals surface area (Å²) in [4.78, 5) is 11.6. The normalized spacial score (nSPS) is 13.2. The van der Waals surface area contributed by atoms with Crippen molar-refractivity contribution in [2.45, 2.75) is 25.8 Å². The molecule has 0 bridgehead atoms. The van der Waals surface area contributed by atoms with Crippen LogP contribution in [0.5, 0.6) is 5.75 Å². The zero-order valence-electron chi connectivity index (χ0n) is 10.4. The quantitative estimate of drug-likeness (QED) is 0.891. The van der Waals surface area contributed by atoms with Crippen LogP contribution < -0.4 is 10.1 Å². The molecule has 18 heavy (non-hydrogen) atoms. The Morgan fingerprint density at radius 2 is 2.33 bits per heavy atom. The molecule has 1 N–H and O–H groups in total. The Morgan fingerprint density at radius 1 is 1.61 bits per heavy atom. The summed E-state index contributed by atoms with van der Waals surface area (Å²) in [6, 6.07) is 8.85. The van der Waals surface area contributed by atoms with Crippen molar-refractivity contribution in [1.82, 2.24) is 5.32 Å². The lowest BCUT2D eigenvalue weighted by molar-refractivity contribution is -0.124. The number of benzene rings is 1. The Bertz CT molecular complexity index is 470. The average molecular weight is 267 g/mol. The van der Waals surface area contributed by atoms with Crippen molar-refractivity contribution in [3.63, 3.8) is 0 Å². The molecular formula is C13H15ClN2O2. The third-order valence-electron chi connectivity index (χ3n) is 2.54. The van der Waals surface area contributed by atoms with E-state index in [2.05, 4.69) is 11.4 Å². The molecule has 96 valence electrons. The summed E-state index contributed by atoms with van der Waals surface area (Å²) in [7, 11) is 0. The number of hydrogen-bond donors (Lipinski definition) is 1. The second-order valence-electron chi connectivity index (χ2n) is 4.09. The lowest BCUT2D eigenvalue weighted by atomic mass is 10.0. The van der Waals surface area contributed by atoms with Crippen molar-refractivity contribution in [2.24, 2.45) is 0 Å². The van der Waals surface area contributed by atoms with Gasteiger partial charge in [0.2, 0.25) is 0 Å². The number of ether oxygens (including phenoxy) is 1. The maximum atomic E-state index is 11.6. The molecule has 0 aliphatic heterocycles. The van der Waals surface area contributed by atoms with E-state index in [1.165, 1.54) is 0 Å². The van der Waals surface area contributed by atoms with Crippen LogP contribution in [-0.4, -0.2) is 18.1 Å². The van der Waals surface area contributed by atoms with Gasteiger partial charge in [-0.15, -0.1) is 0 Å². The zero-order valence-corrected chi connectivity index (χ0v) is 11.1. The highest BCUT2D eigenvalue weighted by Gasteiger charge is 2.23. The Morgan fingerprint density at radius 3 is 2.89 bits per heavy atom. The van der Waals surface area contributed by atoms with E-state index in [4.69, 9.17) is 21.6 Å². The average Bonchev–Trinajstić information content (AvgIpc) is 2.36. The van der Waals surface area contributed by atoms with Gasteiger partial charge in [-0.3, -0.25) is 4.79 Å². The van der Waals surface area contributed by atoms with Crippen LogP contribution in [0, 0.1) is 11.3 Å². The molecule has 1 aromatic carbocycles. The van der Waals surface area contributed by atoms with E-state index >= 15 is 0 Å². The number of halogens is 1. The van der Waals surface area contributed by atoms with Crippen LogP contribution in [0.1, 0.15) is 20.3 Å². The minimum absolute atomic E-state index is 0.141. The number of carbonyl (C=O) groups excluding carboxylic acids is 1. The smallest absolute Gasteiger partial charge is 0.259 e. The minimum atomic E-state index is -0.852. The van der Waals surface area contributed by atoms with E-state index in [-0.39, 0.29) is 12.5 Å². The van der Waals surface area contributed by atoms with Crippen molar-refractivity contribution < 1.29 is 9.53 Å². The second kappa shape index (κ2) is 6.27. The molecule has 0 heterocycles. The number of hydrogen-bond acceptors (Lipinski definition) is 3. The number of amides is 1. The molecule has 0 saturated heterocycles. The summed E-state index contributed by atoms with van der Waals surface area (Å²) in [5.41, 5.74) is -0.852. The predicted octanol–water partition coefficient (Wildman–Crippen LogP) is 2.53. The molecule has 0 fully saturated rings. The van der Waals surface area contributed by atoms with Crippen molar-refractivity contribution in [1.29, 1.82) is 5.26 Å². The number of carbonyl (C=O) groups is 1. The van der Waals surface area contributed by atoms with Gasteiger partial charge in [-0.25, -0.2) is 0 Å². The first-order valence-electron chi connectivity index (χ1n) is 5.60. The largest absolute Gasteiger partial charge is 0.484 e. The van der Waals surface area contributed by atoms with Gasteiger partial charge in [0.25, 0.3) is 5.91 Å². The Kier molecular flexibility index (Phi) is 4.99. The molecule has 0 saturated carbocycles. The number of nitrogens with one attached hydrogen (secondary N) is 1. The molecule has 1 aromatic rings. The van der Waals surface area contributed by atoms with E-state index in [9.17, 15) is 4.79 Å². The summed E-state index contributed by atoms with van der Waals surface area (Å²) < 4.78 is 5.28. The molecular weight excluding hydrogens is 252 g/mol. The van der Waals surface area contributed by atoms with Gasteiger partial charge in [-0.05, 0) is 31.5 Å². The zero-order chi connectivity index (χ0) is 13.6. The minimum Gasteiger partial charge on any atom is -0.484 e. The topological polar surface area (TPSA) is 62.1 Å². The third-order valence-corrected chi connectivity index (χ3v) is 2.77. The fourth-order valence-electron chi connectivity index (χ4n) is 1.24. The summed E-state index contributed by atoms with van der Waals surface area (Å²) in [6.45, 7) is 3.36. The van der Waals surface area contributed by atoms with Gasteiger partial charge in [-0.1, -0.05) is 24.6 Å². The molecule has 4 nitrogen and oxygen atoms in total. The number of nitrogens with zero attached hydrogens (tertiary/aromatic N) is 1. The second-order valence-corrected chi connectivity index (χ2v) is 4.53. The molecule has 0 radical (unpaired) electrons. The standard InChI is InChI=1S/C13H15ClN2O2/c1-3-13(2,9-15)16-12(17)8-18-11-6-4-5-10(14)7-11/h4-7H,3,8H2,1-2H3,(H,16,17). The van der Waals surface area contributed by atoms with Crippen LogP contribution in [0.3, 0.4) is 0 Å². The predicted molar refractivity (Wildman–Crippen MR) is 69.4 cm³/mol. The Hall–Kier alpha value is -1.73. The van der Waals surface area contributed by atoms with Gasteiger partial charge in [0.05, 0.1) is 6.07 Å². The summed E-state index contributed by atoms with van der Waals surface area (Å²) >= 11 is 5.79. The first-order chi connectivity index (χ1) is 8.49. The van der Waals surface area contributed by atoms with Gasteiger partial charge in [0.15, 0.2) is 6.61 Å². The van der Waals surface area contributed by atoms with Crippen molar-refractivity contribution in [3.8, 4) is 11.8 Å². The van der Waals surface area contributed by atoms with Crippen LogP contribution in [0.4, 0.5) is 0 Å². The molecule has 0 aliphatic carbocycles. The van der Waals surface area contributed by atoms with E-state index < -0.39 is 5.54 Å². The third kappa shape index (κ3) is 4.27. The molecule has 1 rings (SSSR count). The van der Waals surface area contributed by atoms with Crippen LogP contribution >= 0.6 is 11.6 Å². The molecule has 0 aromatic heterocycles. The van der Waals surface area contributed by atoms with Crippen molar-refractivity contribution in [2.75, 3.05) is 6.61 Å². The molecule has 5 heteroatoms. The fraction of sp³-hybridized carbons (Fsp3) is 0.385. The van der Waals surface area contributed by atoms with Crippen molar-refractivity contribution in [3.05, 3.63) is 29.3 Å². The van der Waals surface area contributed by atoms with Gasteiger partial charge >= 0.3 is 0 Å². The highest BCUT2D eigenvalue weighted by Crippen LogP contribution is 2.17. The van der Waals surface area contributed by atoms with E-state index in [0.29, 0.717) is 17.2 Å². The van der Waals surface area contributed by atoms with Crippen LogP contribution in [-0.2, 0) is 4.79 Å². The highest BCUT2D eigenvalue weighted by molar-refractivity contribution is 6.30. The van der Waals surface area contributed by atoms with Crippen LogP contribution in [0.25, 0.3) is 0 Å². The van der Waals surface area contributed by atoms with Gasteiger partial charge < -0.3 is 10.1 Å². The molecule has 1 unspecified atom stereocenters. The van der Waals surface area contributed by atoms with Crippen molar-refractivity contribution >= 4 is 17.5 Å². The van der Waals surface area contributed by atoms with Crippen LogP contribution in [0.15, 0.2) is 24.3 Å². The SMILES string of the molecule is CCC(C)(C#N)NC(=O)COc1cccc(Cl)c1. The first kappa shape index (κ1) is 14.3. The maximum Gasteiger partial charge on any atom is 0.259 e. The lowest BCUT2D eigenvalue weighted by Crippen LogP contribution is -2.46. The summed E-state index contributed by atoms with van der Waals surface area (Å²) in [5, 5.41) is 12.1.